The number of nitrogens with one attached hydrogen (secondary N) is 1. The molecular formula is C15H25NOS. The van der Waals surface area contributed by atoms with Gasteiger partial charge in [0.05, 0.1) is 6.61 Å². The third kappa shape index (κ3) is 3.14. The van der Waals surface area contributed by atoms with Crippen molar-refractivity contribution in [3.63, 3.8) is 0 Å². The molecule has 0 amide bonds. The number of hydrogen-bond donors (Lipinski definition) is 2. The molecule has 0 fully saturated rings. The molecule has 2 nitrogen and oxygen atoms in total. The average Bonchev–Trinajstić information content (AvgIpc) is 2.79. The molecular weight excluding hydrogens is 242 g/mol. The molecule has 1 aromatic heterocycles. The Morgan fingerprint density at radius 1 is 1.28 bits per heavy atom. The Morgan fingerprint density at radius 2 is 2.00 bits per heavy atom. The Balaban J connectivity index is 2.04. The van der Waals surface area contributed by atoms with Gasteiger partial charge in [0.1, 0.15) is 0 Å². The Bertz CT molecular complexity index is 362. The smallest absolute Gasteiger partial charge is 0.0587 e. The van der Waals surface area contributed by atoms with Crippen LogP contribution in [-0.4, -0.2) is 17.8 Å². The van der Waals surface area contributed by atoms with Crippen LogP contribution in [0.25, 0.3) is 0 Å². The number of aliphatic hydroxyl groups is 1. The first kappa shape index (κ1) is 14.0. The summed E-state index contributed by atoms with van der Waals surface area (Å²) in [6, 6.07) is 2.92. The molecule has 1 aliphatic rings. The second kappa shape index (κ2) is 6.18. The quantitative estimate of drug-likeness (QED) is 0.858. The van der Waals surface area contributed by atoms with E-state index < -0.39 is 0 Å². The molecule has 2 rings (SSSR count). The molecule has 18 heavy (non-hydrogen) atoms. The number of aliphatic hydroxyl groups excluding tert-OH is 1. The maximum atomic E-state index is 9.40. The largest absolute Gasteiger partial charge is 0.395 e. The van der Waals surface area contributed by atoms with Crippen LogP contribution in [0.4, 0.5) is 0 Å². The highest BCUT2D eigenvalue weighted by Gasteiger charge is 2.20. The van der Waals surface area contributed by atoms with Crippen molar-refractivity contribution < 1.29 is 5.11 Å². The lowest BCUT2D eigenvalue weighted by Crippen LogP contribution is -2.38. The summed E-state index contributed by atoms with van der Waals surface area (Å²) in [4.78, 5) is 3.02. The van der Waals surface area contributed by atoms with Crippen molar-refractivity contribution in [1.82, 2.24) is 5.32 Å². The molecule has 0 bridgehead atoms. The minimum atomic E-state index is 0.194. The van der Waals surface area contributed by atoms with Crippen LogP contribution in [0.15, 0.2) is 6.07 Å². The fourth-order valence-electron chi connectivity index (χ4n) is 2.59. The van der Waals surface area contributed by atoms with Crippen molar-refractivity contribution in [2.24, 2.45) is 5.92 Å². The summed E-state index contributed by atoms with van der Waals surface area (Å²) in [5, 5.41) is 12.9. The summed E-state index contributed by atoms with van der Waals surface area (Å²) in [5.74, 6) is 0.465. The number of fused-ring (bicyclic) bond motifs is 1. The number of hydrogen-bond acceptors (Lipinski definition) is 3. The van der Waals surface area contributed by atoms with Crippen LogP contribution in [0.1, 0.15) is 55.0 Å². The van der Waals surface area contributed by atoms with Crippen LogP contribution in [0.5, 0.6) is 0 Å². The SMILES string of the molecule is CC(N[C@H](CO)C(C)C)c1cc2c(s1)CCCC2. The van der Waals surface area contributed by atoms with Gasteiger partial charge in [-0.25, -0.2) is 0 Å². The first-order chi connectivity index (χ1) is 8.61. The van der Waals surface area contributed by atoms with Crippen molar-refractivity contribution in [3.8, 4) is 0 Å². The van der Waals surface area contributed by atoms with Gasteiger partial charge >= 0.3 is 0 Å². The minimum absolute atomic E-state index is 0.194. The third-order valence-electron chi connectivity index (χ3n) is 3.91. The lowest BCUT2D eigenvalue weighted by Gasteiger charge is -2.24. The predicted octanol–water partition coefficient (Wildman–Crippen LogP) is 3.29. The predicted molar refractivity (Wildman–Crippen MR) is 78.2 cm³/mol. The summed E-state index contributed by atoms with van der Waals surface area (Å²) < 4.78 is 0. The molecule has 1 heterocycles. The monoisotopic (exact) mass is 267 g/mol. The Labute approximate surface area is 114 Å². The van der Waals surface area contributed by atoms with Gasteiger partial charge in [-0.2, -0.15) is 0 Å². The second-order valence-electron chi connectivity index (χ2n) is 5.73. The standard InChI is InChI=1S/C15H25NOS/c1-10(2)13(9-17)16-11(3)15-8-12-6-4-5-7-14(12)18-15/h8,10-11,13,16-17H,4-7,9H2,1-3H3/t11?,13-/m1/s1. The zero-order valence-corrected chi connectivity index (χ0v) is 12.5. The topological polar surface area (TPSA) is 32.3 Å². The van der Waals surface area contributed by atoms with E-state index in [0.717, 1.165) is 0 Å². The van der Waals surface area contributed by atoms with Crippen LogP contribution in [0, 0.1) is 5.92 Å². The summed E-state index contributed by atoms with van der Waals surface area (Å²) in [6.45, 7) is 6.73. The van der Waals surface area contributed by atoms with Gasteiger partial charge in [-0.1, -0.05) is 13.8 Å². The van der Waals surface area contributed by atoms with Crippen molar-refractivity contribution in [3.05, 3.63) is 21.4 Å². The highest BCUT2D eigenvalue weighted by molar-refractivity contribution is 7.12. The van der Waals surface area contributed by atoms with Crippen molar-refractivity contribution in [2.45, 2.75) is 58.5 Å². The van der Waals surface area contributed by atoms with Gasteiger partial charge in [-0.05, 0) is 50.2 Å². The Hall–Kier alpha value is -0.380. The van der Waals surface area contributed by atoms with Crippen molar-refractivity contribution in [1.29, 1.82) is 0 Å². The Kier molecular flexibility index (Phi) is 4.82. The van der Waals surface area contributed by atoms with E-state index in [2.05, 4.69) is 32.2 Å². The molecule has 0 saturated carbocycles. The van der Waals surface area contributed by atoms with Gasteiger partial charge in [0.15, 0.2) is 0 Å². The maximum Gasteiger partial charge on any atom is 0.0587 e. The maximum absolute atomic E-state index is 9.40. The minimum Gasteiger partial charge on any atom is -0.395 e. The van der Waals surface area contributed by atoms with Gasteiger partial charge < -0.3 is 10.4 Å². The number of rotatable bonds is 5. The lowest BCUT2D eigenvalue weighted by atomic mass is 9.98. The zero-order chi connectivity index (χ0) is 13.1. The molecule has 0 aliphatic heterocycles. The molecule has 0 radical (unpaired) electrons. The fraction of sp³-hybridized carbons (Fsp3) is 0.733. The van der Waals surface area contributed by atoms with E-state index >= 15 is 0 Å². The second-order valence-corrected chi connectivity index (χ2v) is 6.89. The zero-order valence-electron chi connectivity index (χ0n) is 11.7. The Morgan fingerprint density at radius 3 is 2.61 bits per heavy atom. The molecule has 1 aliphatic carbocycles. The van der Waals surface area contributed by atoms with Crippen LogP contribution in [0.2, 0.25) is 0 Å². The van der Waals surface area contributed by atoms with E-state index in [9.17, 15) is 5.11 Å². The highest BCUT2D eigenvalue weighted by Crippen LogP contribution is 2.33. The van der Waals surface area contributed by atoms with Crippen molar-refractivity contribution >= 4 is 11.3 Å². The van der Waals surface area contributed by atoms with E-state index in [1.165, 1.54) is 30.6 Å². The van der Waals surface area contributed by atoms with Gasteiger partial charge in [0, 0.05) is 21.8 Å². The molecule has 3 heteroatoms. The molecule has 2 N–H and O–H groups in total. The molecule has 0 aromatic carbocycles. The highest BCUT2D eigenvalue weighted by atomic mass is 32.1. The van der Waals surface area contributed by atoms with Gasteiger partial charge in [0.25, 0.3) is 0 Å². The lowest BCUT2D eigenvalue weighted by molar-refractivity contribution is 0.202. The molecule has 1 unspecified atom stereocenters. The summed E-state index contributed by atoms with van der Waals surface area (Å²) >= 11 is 1.96. The van der Waals surface area contributed by atoms with Gasteiger partial charge in [-0.15, -0.1) is 11.3 Å². The van der Waals surface area contributed by atoms with Crippen LogP contribution in [0.3, 0.4) is 0 Å². The van der Waals surface area contributed by atoms with Gasteiger partial charge in [0.2, 0.25) is 0 Å². The summed E-state index contributed by atoms with van der Waals surface area (Å²) in [6.07, 6.45) is 5.21. The molecule has 1 aromatic rings. The third-order valence-corrected chi connectivity index (χ3v) is 5.33. The normalized spacial score (nSPS) is 18.7. The van der Waals surface area contributed by atoms with E-state index in [1.54, 1.807) is 10.4 Å². The molecule has 0 saturated heterocycles. The van der Waals surface area contributed by atoms with E-state index in [4.69, 9.17) is 0 Å². The average molecular weight is 267 g/mol. The summed E-state index contributed by atoms with van der Waals surface area (Å²) in [5.41, 5.74) is 1.57. The number of thiophene rings is 1. The van der Waals surface area contributed by atoms with Crippen LogP contribution >= 0.6 is 11.3 Å². The van der Waals surface area contributed by atoms with Crippen LogP contribution in [-0.2, 0) is 12.8 Å². The first-order valence-electron chi connectivity index (χ1n) is 7.10. The molecule has 102 valence electrons. The van der Waals surface area contributed by atoms with Crippen LogP contribution < -0.4 is 5.32 Å². The van der Waals surface area contributed by atoms with E-state index in [1.807, 2.05) is 11.3 Å². The molecule has 2 atom stereocenters. The van der Waals surface area contributed by atoms with Crippen molar-refractivity contribution in [2.75, 3.05) is 6.61 Å². The fourth-order valence-corrected chi connectivity index (χ4v) is 3.86. The first-order valence-corrected chi connectivity index (χ1v) is 7.92. The van der Waals surface area contributed by atoms with E-state index in [0.29, 0.717) is 12.0 Å². The molecule has 0 spiro atoms. The van der Waals surface area contributed by atoms with Gasteiger partial charge in [-0.3, -0.25) is 0 Å². The number of aryl methyl sites for hydroxylation is 2. The van der Waals surface area contributed by atoms with E-state index in [-0.39, 0.29) is 12.6 Å². The summed E-state index contributed by atoms with van der Waals surface area (Å²) in [7, 11) is 0.